The molecule has 2 N–H and O–H groups in total. The minimum Gasteiger partial charge on any atom is -0.481 e. The molecule has 3 heteroatoms. The van der Waals surface area contributed by atoms with Gasteiger partial charge < -0.3 is 10.4 Å². The molecule has 0 radical (unpaired) electrons. The van der Waals surface area contributed by atoms with Crippen LogP contribution in [0, 0.1) is 5.92 Å². The Morgan fingerprint density at radius 2 is 2.25 bits per heavy atom. The third kappa shape index (κ3) is 7.54. The van der Waals surface area contributed by atoms with Gasteiger partial charge in [0.25, 0.3) is 0 Å². The van der Waals surface area contributed by atoms with Gasteiger partial charge in [-0.1, -0.05) is 20.3 Å². The highest BCUT2D eigenvalue weighted by Gasteiger charge is 2.00. The molecule has 0 bridgehead atoms. The van der Waals surface area contributed by atoms with Crippen LogP contribution in [-0.2, 0) is 4.79 Å². The maximum Gasteiger partial charge on any atom is 0.304 e. The molecule has 0 aliphatic rings. The molecule has 0 aromatic rings. The Morgan fingerprint density at radius 3 is 2.75 bits per heavy atom. The predicted molar refractivity (Wildman–Crippen MR) is 49.2 cm³/mol. The summed E-state index contributed by atoms with van der Waals surface area (Å²) in [4.78, 5) is 10.1. The fourth-order valence-electron chi connectivity index (χ4n) is 1.14. The summed E-state index contributed by atoms with van der Waals surface area (Å²) in [5.74, 6) is -0.0746. The lowest BCUT2D eigenvalue weighted by molar-refractivity contribution is -0.136. The van der Waals surface area contributed by atoms with Gasteiger partial charge in [0, 0.05) is 6.54 Å². The summed E-state index contributed by atoms with van der Waals surface area (Å²) in [6.45, 7) is 5.86. The van der Waals surface area contributed by atoms with Crippen molar-refractivity contribution in [2.24, 2.45) is 5.92 Å². The van der Waals surface area contributed by atoms with Crippen molar-refractivity contribution in [1.82, 2.24) is 5.32 Å². The van der Waals surface area contributed by atoms with Gasteiger partial charge in [-0.05, 0) is 18.9 Å². The lowest BCUT2D eigenvalue weighted by Crippen LogP contribution is -2.23. The van der Waals surface area contributed by atoms with Crippen molar-refractivity contribution in [2.75, 3.05) is 13.1 Å². The van der Waals surface area contributed by atoms with E-state index in [4.69, 9.17) is 5.11 Å². The molecule has 0 fully saturated rings. The van der Waals surface area contributed by atoms with E-state index in [1.54, 1.807) is 0 Å². The standard InChI is InChI=1S/C9H19NO2/c1-3-4-8(2)7-10-6-5-9(11)12/h8,10H,3-7H2,1-2H3,(H,11,12). The second-order valence-electron chi connectivity index (χ2n) is 3.24. The van der Waals surface area contributed by atoms with Crippen LogP contribution in [0.15, 0.2) is 0 Å². The monoisotopic (exact) mass is 173 g/mol. The summed E-state index contributed by atoms with van der Waals surface area (Å²) >= 11 is 0. The topological polar surface area (TPSA) is 49.3 Å². The van der Waals surface area contributed by atoms with Crippen LogP contribution in [0.5, 0.6) is 0 Å². The van der Waals surface area contributed by atoms with Crippen LogP contribution in [0.3, 0.4) is 0 Å². The van der Waals surface area contributed by atoms with Gasteiger partial charge in [-0.15, -0.1) is 0 Å². The summed E-state index contributed by atoms with van der Waals surface area (Å²) in [5.41, 5.74) is 0. The van der Waals surface area contributed by atoms with Crippen LogP contribution in [0.4, 0.5) is 0 Å². The predicted octanol–water partition coefficient (Wildman–Crippen LogP) is 1.49. The third-order valence-electron chi connectivity index (χ3n) is 1.79. The third-order valence-corrected chi connectivity index (χ3v) is 1.79. The number of rotatable bonds is 7. The highest BCUT2D eigenvalue weighted by atomic mass is 16.4. The Hall–Kier alpha value is -0.570. The summed E-state index contributed by atoms with van der Waals surface area (Å²) in [6, 6.07) is 0. The summed E-state index contributed by atoms with van der Waals surface area (Å²) in [5, 5.41) is 11.5. The van der Waals surface area contributed by atoms with Crippen LogP contribution in [0.1, 0.15) is 33.1 Å². The molecule has 0 saturated heterocycles. The molecule has 0 spiro atoms. The average molecular weight is 173 g/mol. The van der Waals surface area contributed by atoms with Gasteiger partial charge in [-0.2, -0.15) is 0 Å². The number of nitrogens with one attached hydrogen (secondary N) is 1. The van der Waals surface area contributed by atoms with Gasteiger partial charge in [0.1, 0.15) is 0 Å². The van der Waals surface area contributed by atoms with E-state index in [2.05, 4.69) is 19.2 Å². The van der Waals surface area contributed by atoms with Crippen molar-refractivity contribution < 1.29 is 9.90 Å². The summed E-state index contributed by atoms with van der Waals surface area (Å²) < 4.78 is 0. The Morgan fingerprint density at radius 1 is 1.58 bits per heavy atom. The van der Waals surface area contributed by atoms with Crippen molar-refractivity contribution in [3.8, 4) is 0 Å². The average Bonchev–Trinajstić information content (AvgIpc) is 1.98. The molecular weight excluding hydrogens is 154 g/mol. The zero-order chi connectivity index (χ0) is 9.40. The van der Waals surface area contributed by atoms with Crippen molar-refractivity contribution in [3.05, 3.63) is 0 Å². The number of carboxylic acids is 1. The second kappa shape index (κ2) is 7.10. The molecule has 0 aliphatic heterocycles. The van der Waals surface area contributed by atoms with Crippen LogP contribution in [0.25, 0.3) is 0 Å². The molecule has 1 unspecified atom stereocenters. The van der Waals surface area contributed by atoms with Crippen molar-refractivity contribution >= 4 is 5.97 Å². The minimum absolute atomic E-state index is 0.221. The highest BCUT2D eigenvalue weighted by Crippen LogP contribution is 2.02. The van der Waals surface area contributed by atoms with E-state index in [1.807, 2.05) is 0 Å². The largest absolute Gasteiger partial charge is 0.481 e. The van der Waals surface area contributed by atoms with E-state index in [0.29, 0.717) is 12.5 Å². The van der Waals surface area contributed by atoms with E-state index >= 15 is 0 Å². The normalized spacial score (nSPS) is 12.8. The summed E-state index contributed by atoms with van der Waals surface area (Å²) in [7, 11) is 0. The maximum absolute atomic E-state index is 10.1. The Labute approximate surface area is 74.2 Å². The fourth-order valence-corrected chi connectivity index (χ4v) is 1.14. The van der Waals surface area contributed by atoms with E-state index in [0.717, 1.165) is 6.54 Å². The maximum atomic E-state index is 10.1. The van der Waals surface area contributed by atoms with Gasteiger partial charge in [0.2, 0.25) is 0 Å². The number of carbonyl (C=O) groups is 1. The number of hydrogen-bond acceptors (Lipinski definition) is 2. The van der Waals surface area contributed by atoms with E-state index in [-0.39, 0.29) is 6.42 Å². The Kier molecular flexibility index (Phi) is 6.76. The van der Waals surface area contributed by atoms with Gasteiger partial charge >= 0.3 is 5.97 Å². The van der Waals surface area contributed by atoms with E-state index in [9.17, 15) is 4.79 Å². The summed E-state index contributed by atoms with van der Waals surface area (Å²) in [6.07, 6.45) is 2.63. The lowest BCUT2D eigenvalue weighted by Gasteiger charge is -2.09. The number of hydrogen-bond donors (Lipinski definition) is 2. The minimum atomic E-state index is -0.731. The van der Waals surface area contributed by atoms with Gasteiger partial charge in [-0.25, -0.2) is 0 Å². The Balaban J connectivity index is 3.13. The molecule has 0 heterocycles. The van der Waals surface area contributed by atoms with Crippen molar-refractivity contribution in [2.45, 2.75) is 33.1 Å². The molecule has 3 nitrogen and oxygen atoms in total. The van der Waals surface area contributed by atoms with E-state index in [1.165, 1.54) is 12.8 Å². The van der Waals surface area contributed by atoms with Crippen molar-refractivity contribution in [1.29, 1.82) is 0 Å². The first-order valence-corrected chi connectivity index (χ1v) is 4.59. The first-order valence-electron chi connectivity index (χ1n) is 4.59. The molecule has 0 amide bonds. The molecule has 0 rings (SSSR count). The zero-order valence-corrected chi connectivity index (χ0v) is 7.97. The van der Waals surface area contributed by atoms with Crippen LogP contribution >= 0.6 is 0 Å². The first kappa shape index (κ1) is 11.4. The number of aliphatic carboxylic acids is 1. The molecule has 1 atom stereocenters. The smallest absolute Gasteiger partial charge is 0.304 e. The van der Waals surface area contributed by atoms with Gasteiger partial charge in [0.15, 0.2) is 0 Å². The SMILES string of the molecule is CCCC(C)CNCCC(=O)O. The van der Waals surface area contributed by atoms with Crippen molar-refractivity contribution in [3.63, 3.8) is 0 Å². The van der Waals surface area contributed by atoms with E-state index < -0.39 is 5.97 Å². The molecule has 12 heavy (non-hydrogen) atoms. The molecular formula is C9H19NO2. The fraction of sp³-hybridized carbons (Fsp3) is 0.889. The molecule has 0 aliphatic carbocycles. The molecule has 0 saturated carbocycles. The Bertz CT molecular complexity index is 126. The molecule has 0 aromatic heterocycles. The zero-order valence-electron chi connectivity index (χ0n) is 7.97. The van der Waals surface area contributed by atoms with Gasteiger partial charge in [-0.3, -0.25) is 4.79 Å². The van der Waals surface area contributed by atoms with Gasteiger partial charge in [0.05, 0.1) is 6.42 Å². The highest BCUT2D eigenvalue weighted by molar-refractivity contribution is 5.66. The first-order chi connectivity index (χ1) is 5.66. The lowest BCUT2D eigenvalue weighted by atomic mass is 10.1. The van der Waals surface area contributed by atoms with Crippen LogP contribution in [-0.4, -0.2) is 24.2 Å². The second-order valence-corrected chi connectivity index (χ2v) is 3.24. The molecule has 72 valence electrons. The van der Waals surface area contributed by atoms with Crippen LogP contribution in [0.2, 0.25) is 0 Å². The number of carboxylic acid groups (broad SMARTS) is 1. The quantitative estimate of drug-likeness (QED) is 0.573. The molecule has 0 aromatic carbocycles. The van der Waals surface area contributed by atoms with Crippen LogP contribution < -0.4 is 5.32 Å².